The van der Waals surface area contributed by atoms with Gasteiger partial charge >= 0.3 is 0 Å². The predicted molar refractivity (Wildman–Crippen MR) is 85.9 cm³/mol. The first-order chi connectivity index (χ1) is 11.2. The zero-order valence-corrected chi connectivity index (χ0v) is 12.5. The van der Waals surface area contributed by atoms with Crippen LogP contribution in [0.25, 0.3) is 10.9 Å². The summed E-state index contributed by atoms with van der Waals surface area (Å²) in [6.45, 7) is 1.75. The first-order valence-corrected chi connectivity index (χ1v) is 7.21. The number of amides is 2. The zero-order chi connectivity index (χ0) is 16.2. The highest BCUT2D eigenvalue weighted by atomic mass is 16.2. The van der Waals surface area contributed by atoms with Crippen molar-refractivity contribution in [3.63, 3.8) is 0 Å². The zero-order valence-electron chi connectivity index (χ0n) is 12.5. The van der Waals surface area contributed by atoms with Crippen molar-refractivity contribution in [1.29, 1.82) is 0 Å². The molecular weight excluding hydrogens is 296 g/mol. The van der Waals surface area contributed by atoms with Crippen molar-refractivity contribution in [3.8, 4) is 0 Å². The highest BCUT2D eigenvalue weighted by Gasteiger charge is 2.10. The molecule has 118 valence electrons. The second-order valence-electron chi connectivity index (χ2n) is 5.00. The molecule has 0 radical (unpaired) electrons. The second kappa shape index (κ2) is 6.30. The van der Waals surface area contributed by atoms with Crippen LogP contribution < -0.4 is 10.6 Å². The van der Waals surface area contributed by atoms with E-state index < -0.39 is 0 Å². The molecule has 0 bridgehead atoms. The van der Waals surface area contributed by atoms with Crippen LogP contribution in [0.1, 0.15) is 13.3 Å². The van der Waals surface area contributed by atoms with Gasteiger partial charge in [-0.2, -0.15) is 0 Å². The first kappa shape index (κ1) is 14.8. The third kappa shape index (κ3) is 3.37. The Kier molecular flexibility index (Phi) is 4.05. The number of para-hydroxylation sites is 1. The Hall–Kier alpha value is -3.16. The number of nitrogens with one attached hydrogen (secondary N) is 3. The molecule has 3 N–H and O–H groups in total. The molecule has 8 nitrogen and oxygen atoms in total. The molecule has 2 amide bonds. The number of benzene rings is 1. The number of nitrogens with zero attached hydrogens (tertiary/aromatic N) is 3. The molecule has 2 aromatic heterocycles. The highest BCUT2D eigenvalue weighted by Crippen LogP contribution is 2.22. The van der Waals surface area contributed by atoms with Crippen LogP contribution in [0.2, 0.25) is 0 Å². The molecule has 0 saturated carbocycles. The second-order valence-corrected chi connectivity index (χ2v) is 5.00. The number of hydrogen-bond donors (Lipinski definition) is 3. The number of carbonyl (C=O) groups excluding carboxylic acids is 2. The standard InChI is InChI=1S/C15H16N6O2/c1-2-14(22)18-13-8-21(20-19-13)9-15(23)17-12-7-16-11-6-4-3-5-10(11)12/h3-8,16H,2,9H2,1H3,(H,17,23)(H,18,22). The molecule has 0 fully saturated rings. The molecule has 8 heteroatoms. The molecular formula is C15H16N6O2. The van der Waals surface area contributed by atoms with Gasteiger partial charge in [-0.25, -0.2) is 4.68 Å². The maximum Gasteiger partial charge on any atom is 0.246 e. The maximum absolute atomic E-state index is 12.1. The summed E-state index contributed by atoms with van der Waals surface area (Å²) in [5.41, 5.74) is 1.67. The van der Waals surface area contributed by atoms with Crippen molar-refractivity contribution in [1.82, 2.24) is 20.0 Å². The fraction of sp³-hybridized carbons (Fsp3) is 0.200. The summed E-state index contributed by atoms with van der Waals surface area (Å²) in [7, 11) is 0. The normalized spacial score (nSPS) is 10.7. The van der Waals surface area contributed by atoms with Crippen LogP contribution in [0.3, 0.4) is 0 Å². The average molecular weight is 312 g/mol. The van der Waals surface area contributed by atoms with Crippen molar-refractivity contribution in [3.05, 3.63) is 36.7 Å². The van der Waals surface area contributed by atoms with Gasteiger partial charge in [-0.05, 0) is 6.07 Å². The Labute approximate surface area is 131 Å². The third-order valence-electron chi connectivity index (χ3n) is 3.30. The topological polar surface area (TPSA) is 105 Å². The molecule has 3 aromatic rings. The summed E-state index contributed by atoms with van der Waals surface area (Å²) in [5, 5.41) is 14.0. The van der Waals surface area contributed by atoms with Crippen LogP contribution in [-0.2, 0) is 16.1 Å². The minimum Gasteiger partial charge on any atom is -0.359 e. The molecule has 0 spiro atoms. The SMILES string of the molecule is CCC(=O)Nc1cn(CC(=O)Nc2c[nH]c3ccccc23)nn1. The fourth-order valence-electron chi connectivity index (χ4n) is 2.18. The van der Waals surface area contributed by atoms with Crippen molar-refractivity contribution >= 4 is 34.2 Å². The van der Waals surface area contributed by atoms with Crippen LogP contribution in [0.5, 0.6) is 0 Å². The van der Waals surface area contributed by atoms with Crippen molar-refractivity contribution < 1.29 is 9.59 Å². The molecule has 23 heavy (non-hydrogen) atoms. The van der Waals surface area contributed by atoms with E-state index in [0.717, 1.165) is 10.9 Å². The molecule has 0 aliphatic rings. The van der Waals surface area contributed by atoms with E-state index in [1.54, 1.807) is 13.1 Å². The number of aromatic amines is 1. The van der Waals surface area contributed by atoms with Gasteiger partial charge in [0.05, 0.1) is 11.9 Å². The van der Waals surface area contributed by atoms with Gasteiger partial charge in [-0.15, -0.1) is 5.10 Å². The smallest absolute Gasteiger partial charge is 0.246 e. The van der Waals surface area contributed by atoms with Gasteiger partial charge in [-0.3, -0.25) is 9.59 Å². The van der Waals surface area contributed by atoms with E-state index >= 15 is 0 Å². The number of anilines is 2. The minimum absolute atomic E-state index is 0.00843. The third-order valence-corrected chi connectivity index (χ3v) is 3.30. The van der Waals surface area contributed by atoms with Gasteiger partial charge in [0.15, 0.2) is 5.82 Å². The predicted octanol–water partition coefficient (Wildman–Crippen LogP) is 1.75. The average Bonchev–Trinajstić information content (AvgIpc) is 3.15. The molecule has 0 unspecified atom stereocenters. The molecule has 2 heterocycles. The number of carbonyl (C=O) groups is 2. The molecule has 0 aliphatic heterocycles. The lowest BCUT2D eigenvalue weighted by molar-refractivity contribution is -0.117. The number of aromatic nitrogens is 4. The Balaban J connectivity index is 1.64. The number of rotatable bonds is 5. The van der Waals surface area contributed by atoms with Gasteiger partial charge in [0.25, 0.3) is 0 Å². The van der Waals surface area contributed by atoms with Crippen LogP contribution in [-0.4, -0.2) is 31.8 Å². The summed E-state index contributed by atoms with van der Waals surface area (Å²) >= 11 is 0. The molecule has 0 atom stereocenters. The van der Waals surface area contributed by atoms with E-state index in [1.807, 2.05) is 24.3 Å². The molecule has 0 saturated heterocycles. The van der Waals surface area contributed by atoms with Crippen LogP contribution in [0, 0.1) is 0 Å². The van der Waals surface area contributed by atoms with Gasteiger partial charge in [0.2, 0.25) is 11.8 Å². The number of fused-ring (bicyclic) bond motifs is 1. The van der Waals surface area contributed by atoms with Gasteiger partial charge in [0, 0.05) is 23.5 Å². The lowest BCUT2D eigenvalue weighted by atomic mass is 10.2. The molecule has 0 aliphatic carbocycles. The Morgan fingerprint density at radius 2 is 2.04 bits per heavy atom. The van der Waals surface area contributed by atoms with Gasteiger partial charge in [-0.1, -0.05) is 30.3 Å². The van der Waals surface area contributed by atoms with E-state index in [2.05, 4.69) is 25.9 Å². The van der Waals surface area contributed by atoms with E-state index in [4.69, 9.17) is 0 Å². The van der Waals surface area contributed by atoms with Crippen LogP contribution in [0.4, 0.5) is 11.5 Å². The van der Waals surface area contributed by atoms with E-state index in [9.17, 15) is 9.59 Å². The summed E-state index contributed by atoms with van der Waals surface area (Å²) in [5.74, 6) is -0.0509. The maximum atomic E-state index is 12.1. The quantitative estimate of drug-likeness (QED) is 0.667. The highest BCUT2D eigenvalue weighted by molar-refractivity contribution is 6.01. The first-order valence-electron chi connectivity index (χ1n) is 7.21. The number of H-pyrrole nitrogens is 1. The lowest BCUT2D eigenvalue weighted by Gasteiger charge is -2.03. The molecule has 3 rings (SSSR count). The van der Waals surface area contributed by atoms with Crippen LogP contribution in [0.15, 0.2) is 36.7 Å². The molecule has 1 aromatic carbocycles. The number of hydrogen-bond acceptors (Lipinski definition) is 4. The summed E-state index contributed by atoms with van der Waals surface area (Å²) in [6.07, 6.45) is 3.62. The fourth-order valence-corrected chi connectivity index (χ4v) is 2.18. The summed E-state index contributed by atoms with van der Waals surface area (Å²) in [6, 6.07) is 7.69. The lowest BCUT2D eigenvalue weighted by Crippen LogP contribution is -2.19. The Morgan fingerprint density at radius 1 is 1.22 bits per heavy atom. The van der Waals surface area contributed by atoms with E-state index in [0.29, 0.717) is 17.9 Å². The van der Waals surface area contributed by atoms with Gasteiger partial charge in [0.1, 0.15) is 6.54 Å². The van der Waals surface area contributed by atoms with Gasteiger partial charge < -0.3 is 15.6 Å². The van der Waals surface area contributed by atoms with Crippen molar-refractivity contribution in [2.45, 2.75) is 19.9 Å². The van der Waals surface area contributed by atoms with Crippen molar-refractivity contribution in [2.24, 2.45) is 0 Å². The van der Waals surface area contributed by atoms with Crippen LogP contribution >= 0.6 is 0 Å². The monoisotopic (exact) mass is 312 g/mol. The largest absolute Gasteiger partial charge is 0.359 e. The van der Waals surface area contributed by atoms with Crippen molar-refractivity contribution in [2.75, 3.05) is 10.6 Å². The van der Waals surface area contributed by atoms with E-state index in [1.165, 1.54) is 10.9 Å². The minimum atomic E-state index is -0.229. The Bertz CT molecular complexity index is 850. The van der Waals surface area contributed by atoms with E-state index in [-0.39, 0.29) is 18.4 Å². The summed E-state index contributed by atoms with van der Waals surface area (Å²) < 4.78 is 1.37. The Morgan fingerprint density at radius 3 is 2.87 bits per heavy atom. The summed E-state index contributed by atoms with van der Waals surface area (Å²) in [4.78, 5) is 26.5.